The van der Waals surface area contributed by atoms with Crippen LogP contribution in [0.2, 0.25) is 0 Å². The second-order valence-electron chi connectivity index (χ2n) is 5.66. The minimum absolute atomic E-state index is 0.190. The molecule has 0 unspecified atom stereocenters. The van der Waals surface area contributed by atoms with Crippen LogP contribution in [0.3, 0.4) is 0 Å². The lowest BCUT2D eigenvalue weighted by Gasteiger charge is -2.08. The van der Waals surface area contributed by atoms with Crippen LogP contribution in [0.4, 0.5) is 5.82 Å². The molecular formula is C18H14N4O3. The lowest BCUT2D eigenvalue weighted by atomic mass is 10.1. The Hall–Kier alpha value is -3.53. The number of hydrogen-bond acceptors (Lipinski definition) is 5. The summed E-state index contributed by atoms with van der Waals surface area (Å²) in [4.78, 5) is 25.0. The summed E-state index contributed by atoms with van der Waals surface area (Å²) in [6.45, 7) is 2.39. The van der Waals surface area contributed by atoms with E-state index in [1.165, 1.54) is 12.3 Å². The Morgan fingerprint density at radius 2 is 2.16 bits per heavy atom. The van der Waals surface area contributed by atoms with Gasteiger partial charge in [0.2, 0.25) is 0 Å². The summed E-state index contributed by atoms with van der Waals surface area (Å²) in [5.74, 6) is -0.190. The largest absolute Gasteiger partial charge is 0.363 e. The third-order valence-electron chi connectivity index (χ3n) is 4.26. The lowest BCUT2D eigenvalue weighted by Crippen LogP contribution is -2.04. The minimum Gasteiger partial charge on any atom is -0.358 e. The lowest BCUT2D eigenvalue weighted by molar-refractivity contribution is -0.389. The van der Waals surface area contributed by atoms with Gasteiger partial charge in [-0.25, -0.2) is 0 Å². The Labute approximate surface area is 143 Å². The van der Waals surface area contributed by atoms with Crippen molar-refractivity contribution in [1.82, 2.24) is 9.55 Å². The van der Waals surface area contributed by atoms with Crippen molar-refractivity contribution in [2.75, 3.05) is 0 Å². The summed E-state index contributed by atoms with van der Waals surface area (Å²) in [7, 11) is 0. The number of pyridine rings is 1. The summed E-state index contributed by atoms with van der Waals surface area (Å²) in [6, 6.07) is 10.6. The van der Waals surface area contributed by atoms with Gasteiger partial charge in [0.1, 0.15) is 24.2 Å². The number of aryl methyl sites for hydroxylation is 3. The van der Waals surface area contributed by atoms with E-state index in [4.69, 9.17) is 0 Å². The molecule has 0 atom stereocenters. The van der Waals surface area contributed by atoms with Gasteiger partial charge in [-0.3, -0.25) is 4.79 Å². The molecule has 3 aromatic rings. The summed E-state index contributed by atoms with van der Waals surface area (Å²) in [6.07, 6.45) is 2.87. The van der Waals surface area contributed by atoms with Crippen molar-refractivity contribution < 1.29 is 9.72 Å². The monoisotopic (exact) mass is 334 g/mol. The van der Waals surface area contributed by atoms with Crippen LogP contribution in [0.1, 0.15) is 27.2 Å². The molecule has 0 amide bonds. The van der Waals surface area contributed by atoms with Gasteiger partial charge >= 0.3 is 5.82 Å². The third-order valence-corrected chi connectivity index (χ3v) is 4.26. The van der Waals surface area contributed by atoms with Gasteiger partial charge in [0.25, 0.3) is 0 Å². The van der Waals surface area contributed by atoms with Crippen molar-refractivity contribution >= 4 is 23.0 Å². The van der Waals surface area contributed by atoms with Crippen LogP contribution in [0.15, 0.2) is 36.5 Å². The van der Waals surface area contributed by atoms with E-state index in [0.29, 0.717) is 24.2 Å². The maximum Gasteiger partial charge on any atom is 0.363 e. The molecule has 2 heterocycles. The van der Waals surface area contributed by atoms with Crippen LogP contribution in [0, 0.1) is 28.4 Å². The molecular weight excluding hydrogens is 320 g/mol. The van der Waals surface area contributed by atoms with Crippen molar-refractivity contribution in [3.63, 3.8) is 0 Å². The Bertz CT molecular complexity index is 1010. The number of benzene rings is 1. The summed E-state index contributed by atoms with van der Waals surface area (Å²) in [5, 5.41) is 20.9. The number of nitro groups is 1. The van der Waals surface area contributed by atoms with Crippen LogP contribution >= 0.6 is 0 Å². The predicted molar refractivity (Wildman–Crippen MR) is 91.4 cm³/mol. The molecule has 3 rings (SSSR count). The van der Waals surface area contributed by atoms with Crippen LogP contribution < -0.4 is 0 Å². The fourth-order valence-electron chi connectivity index (χ4n) is 2.87. The standard InChI is InChI=1S/C18H14N4O3/c1-12-14(11-23)3-4-17-16(12)8-15(9-19)21(17)7-6-13-2-5-18(20-10-13)22(24)25/h2-5,8,10-11H,6-7H2,1H3. The van der Waals surface area contributed by atoms with E-state index in [2.05, 4.69) is 11.1 Å². The molecule has 0 aliphatic carbocycles. The molecule has 0 aliphatic heterocycles. The van der Waals surface area contributed by atoms with E-state index in [1.54, 1.807) is 18.2 Å². The predicted octanol–water partition coefficient (Wildman–Crippen LogP) is 3.18. The van der Waals surface area contributed by atoms with Crippen molar-refractivity contribution in [2.45, 2.75) is 19.9 Å². The van der Waals surface area contributed by atoms with Crippen molar-refractivity contribution in [3.05, 3.63) is 69.0 Å². The van der Waals surface area contributed by atoms with Crippen LogP contribution in [-0.4, -0.2) is 20.8 Å². The van der Waals surface area contributed by atoms with E-state index >= 15 is 0 Å². The highest BCUT2D eigenvalue weighted by Gasteiger charge is 2.13. The van der Waals surface area contributed by atoms with E-state index in [1.807, 2.05) is 17.6 Å². The number of nitriles is 1. The maximum absolute atomic E-state index is 11.1. The molecule has 0 saturated heterocycles. The number of aromatic nitrogens is 2. The van der Waals surface area contributed by atoms with Gasteiger partial charge in [-0.2, -0.15) is 5.26 Å². The highest BCUT2D eigenvalue weighted by atomic mass is 16.6. The molecule has 7 heteroatoms. The molecule has 0 bridgehead atoms. The second-order valence-corrected chi connectivity index (χ2v) is 5.66. The molecule has 0 radical (unpaired) electrons. The molecule has 1 aromatic carbocycles. The SMILES string of the molecule is Cc1c(C=O)ccc2c1cc(C#N)n2CCc1ccc([N+](=O)[O-])nc1. The Balaban J connectivity index is 1.93. The first kappa shape index (κ1) is 16.3. The topological polar surface area (TPSA) is 102 Å². The van der Waals surface area contributed by atoms with Gasteiger partial charge in [-0.15, -0.1) is 0 Å². The van der Waals surface area contributed by atoms with Gasteiger partial charge < -0.3 is 14.7 Å². The maximum atomic E-state index is 11.1. The van der Waals surface area contributed by atoms with Gasteiger partial charge in [0.15, 0.2) is 0 Å². The average molecular weight is 334 g/mol. The number of hydrogen-bond donors (Lipinski definition) is 0. The summed E-state index contributed by atoms with van der Waals surface area (Å²) >= 11 is 0. The molecule has 0 saturated carbocycles. The fraction of sp³-hybridized carbons (Fsp3) is 0.167. The third kappa shape index (κ3) is 2.97. The van der Waals surface area contributed by atoms with Gasteiger partial charge in [0, 0.05) is 29.1 Å². The molecule has 0 fully saturated rings. The first-order valence-electron chi connectivity index (χ1n) is 7.62. The highest BCUT2D eigenvalue weighted by Crippen LogP contribution is 2.25. The molecule has 7 nitrogen and oxygen atoms in total. The highest BCUT2D eigenvalue weighted by molar-refractivity contribution is 5.92. The van der Waals surface area contributed by atoms with Gasteiger partial charge in [-0.05, 0) is 58.6 Å². The molecule has 0 spiro atoms. The molecule has 2 aromatic heterocycles. The summed E-state index contributed by atoms with van der Waals surface area (Å²) in [5.41, 5.74) is 3.69. The van der Waals surface area contributed by atoms with E-state index in [-0.39, 0.29) is 5.82 Å². The number of nitrogens with zero attached hydrogens (tertiary/aromatic N) is 4. The molecule has 124 valence electrons. The van der Waals surface area contributed by atoms with Gasteiger partial charge in [-0.1, -0.05) is 0 Å². The Morgan fingerprint density at radius 1 is 1.36 bits per heavy atom. The zero-order chi connectivity index (χ0) is 18.0. The quantitative estimate of drug-likeness (QED) is 0.405. The molecule has 0 aliphatic rings. The number of fused-ring (bicyclic) bond motifs is 1. The number of aldehydes is 1. The minimum atomic E-state index is -0.537. The second kappa shape index (κ2) is 6.53. The Kier molecular flexibility index (Phi) is 4.27. The smallest absolute Gasteiger partial charge is 0.358 e. The van der Waals surface area contributed by atoms with E-state index in [9.17, 15) is 20.2 Å². The average Bonchev–Trinajstić information content (AvgIpc) is 2.99. The fourth-order valence-corrected chi connectivity index (χ4v) is 2.87. The first-order chi connectivity index (χ1) is 12.0. The molecule has 25 heavy (non-hydrogen) atoms. The Morgan fingerprint density at radius 3 is 2.76 bits per heavy atom. The number of carbonyl (C=O) groups excluding carboxylic acids is 1. The summed E-state index contributed by atoms with van der Waals surface area (Å²) < 4.78 is 1.89. The first-order valence-corrected chi connectivity index (χ1v) is 7.62. The van der Waals surface area contributed by atoms with Crippen LogP contribution in [0.25, 0.3) is 10.9 Å². The van der Waals surface area contributed by atoms with E-state index < -0.39 is 4.92 Å². The van der Waals surface area contributed by atoms with Crippen LogP contribution in [-0.2, 0) is 13.0 Å². The van der Waals surface area contributed by atoms with Crippen molar-refractivity contribution in [2.24, 2.45) is 0 Å². The zero-order valence-electron chi connectivity index (χ0n) is 13.5. The van der Waals surface area contributed by atoms with Crippen molar-refractivity contribution in [3.8, 4) is 6.07 Å². The molecule has 0 N–H and O–H groups in total. The van der Waals surface area contributed by atoms with E-state index in [0.717, 1.165) is 28.3 Å². The number of rotatable bonds is 5. The van der Waals surface area contributed by atoms with Crippen LogP contribution in [0.5, 0.6) is 0 Å². The zero-order valence-corrected chi connectivity index (χ0v) is 13.5. The normalized spacial score (nSPS) is 10.6. The number of carbonyl (C=O) groups is 1. The van der Waals surface area contributed by atoms with Gasteiger partial charge in [0.05, 0.1) is 0 Å². The van der Waals surface area contributed by atoms with Crippen molar-refractivity contribution in [1.29, 1.82) is 5.26 Å².